The number of alkyl carbamates (subject to hydrolysis) is 1. The number of benzene rings is 2. The molecule has 2 aromatic rings. The third-order valence-corrected chi connectivity index (χ3v) is 9.92. The number of nitriles is 1. The van der Waals surface area contributed by atoms with Gasteiger partial charge in [-0.1, -0.05) is 50.2 Å². The zero-order chi connectivity index (χ0) is 32.6. The van der Waals surface area contributed by atoms with Gasteiger partial charge in [0.05, 0.1) is 47.2 Å². The minimum atomic E-state index is -4.35. The number of sulfonamides is 1. The molecule has 2 aliphatic rings. The highest BCUT2D eigenvalue weighted by atomic mass is 32.2. The smallest absolute Gasteiger partial charge is 0.407 e. The van der Waals surface area contributed by atoms with E-state index in [4.69, 9.17) is 19.5 Å². The Bertz CT molecular complexity index is 1460. The van der Waals surface area contributed by atoms with Crippen LogP contribution in [0, 0.1) is 32.8 Å². The summed E-state index contributed by atoms with van der Waals surface area (Å²) in [4.78, 5) is 23.6. The second-order valence-electron chi connectivity index (χ2n) is 12.2. The fourth-order valence-corrected chi connectivity index (χ4v) is 7.40. The number of unbranched alkanes of at least 4 members (excludes halogenated alkanes) is 1. The minimum Gasteiger partial charge on any atom is -0.443 e. The summed E-state index contributed by atoms with van der Waals surface area (Å²) >= 11 is 0. The number of hydrogen-bond donors (Lipinski definition) is 2. The summed E-state index contributed by atoms with van der Waals surface area (Å²) in [7, 11) is -4.35. The quantitative estimate of drug-likeness (QED) is 0.165. The molecule has 2 saturated heterocycles. The number of nitrogens with zero attached hydrogens (tertiary/aromatic N) is 3. The normalized spacial score (nSPS) is 21.1. The van der Waals surface area contributed by atoms with E-state index in [0.717, 1.165) is 15.9 Å². The number of nitrogens with one attached hydrogen (secondary N) is 1. The molecule has 0 radical (unpaired) electrons. The fourth-order valence-electron chi connectivity index (χ4n) is 5.71. The molecule has 0 aliphatic carbocycles. The SMILES string of the molecule is CC(C)(CCCC#N)CN(C[C@@H](O)[C@H](Cc1ccccc1)NC(=O)O[C@H]1CO[C@H]2OCC[C@H]21)S(=O)(=O)c1cccc([N+](=O)[O-])c1. The summed E-state index contributed by atoms with van der Waals surface area (Å²) in [6.45, 7) is 3.93. The van der Waals surface area contributed by atoms with Gasteiger partial charge in [-0.3, -0.25) is 10.1 Å². The number of amides is 1. The molecule has 1 amide bonds. The molecule has 0 unspecified atom stereocenters. The van der Waals surface area contributed by atoms with E-state index in [1.807, 2.05) is 44.2 Å². The molecule has 45 heavy (non-hydrogen) atoms. The van der Waals surface area contributed by atoms with Gasteiger partial charge in [0.15, 0.2) is 6.29 Å². The number of nitro benzene ring substituents is 1. The molecular formula is C31H40N4O9S. The molecule has 2 aliphatic heterocycles. The highest BCUT2D eigenvalue weighted by Gasteiger charge is 2.44. The van der Waals surface area contributed by atoms with Crippen LogP contribution in [0.4, 0.5) is 10.5 Å². The van der Waals surface area contributed by atoms with Crippen molar-refractivity contribution in [1.29, 1.82) is 5.26 Å². The van der Waals surface area contributed by atoms with Crippen molar-refractivity contribution in [2.45, 2.75) is 75.4 Å². The summed E-state index contributed by atoms with van der Waals surface area (Å²) in [5.74, 6) is -0.0907. The van der Waals surface area contributed by atoms with Crippen molar-refractivity contribution in [3.63, 3.8) is 0 Å². The van der Waals surface area contributed by atoms with E-state index in [9.17, 15) is 28.4 Å². The number of aliphatic hydroxyl groups is 1. The number of hydrogen-bond acceptors (Lipinski definition) is 10. The number of nitro groups is 1. The molecule has 0 aromatic heterocycles. The topological polar surface area (TPSA) is 181 Å². The maximum Gasteiger partial charge on any atom is 0.407 e. The lowest BCUT2D eigenvalue weighted by atomic mass is 9.87. The van der Waals surface area contributed by atoms with E-state index in [2.05, 4.69) is 11.4 Å². The highest BCUT2D eigenvalue weighted by molar-refractivity contribution is 7.89. The van der Waals surface area contributed by atoms with Gasteiger partial charge >= 0.3 is 6.09 Å². The highest BCUT2D eigenvalue weighted by Crippen LogP contribution is 2.33. The van der Waals surface area contributed by atoms with Crippen LogP contribution < -0.4 is 5.32 Å². The number of ether oxygens (including phenoxy) is 3. The molecule has 5 atom stereocenters. The van der Waals surface area contributed by atoms with Crippen LogP contribution in [-0.4, -0.2) is 79.7 Å². The van der Waals surface area contributed by atoms with Crippen LogP contribution in [0.1, 0.15) is 45.1 Å². The first-order valence-electron chi connectivity index (χ1n) is 14.9. The molecule has 0 spiro atoms. The minimum absolute atomic E-state index is 0.0501. The van der Waals surface area contributed by atoms with Crippen LogP contribution in [0.5, 0.6) is 0 Å². The Labute approximate surface area is 263 Å². The largest absolute Gasteiger partial charge is 0.443 e. The Balaban J connectivity index is 1.59. The number of aliphatic hydroxyl groups excluding tert-OH is 1. The molecule has 0 bridgehead atoms. The van der Waals surface area contributed by atoms with Crippen LogP contribution in [0.2, 0.25) is 0 Å². The predicted octanol–water partition coefficient (Wildman–Crippen LogP) is 3.77. The number of fused-ring (bicyclic) bond motifs is 1. The Morgan fingerprint density at radius 2 is 2.00 bits per heavy atom. The van der Waals surface area contributed by atoms with Crippen molar-refractivity contribution in [1.82, 2.24) is 9.62 Å². The lowest BCUT2D eigenvalue weighted by Gasteiger charge is -2.35. The molecule has 13 nitrogen and oxygen atoms in total. The Hall–Kier alpha value is -3.61. The maximum atomic E-state index is 14.0. The Kier molecular flexibility index (Phi) is 11.5. The summed E-state index contributed by atoms with van der Waals surface area (Å²) in [6, 6.07) is 15.0. The summed E-state index contributed by atoms with van der Waals surface area (Å²) in [5.41, 5.74) is -0.212. The molecular weight excluding hydrogens is 604 g/mol. The molecule has 2 aromatic carbocycles. The van der Waals surface area contributed by atoms with Crippen LogP contribution in [0.25, 0.3) is 0 Å². The molecule has 2 fully saturated rings. The Morgan fingerprint density at radius 3 is 2.71 bits per heavy atom. The third-order valence-electron chi connectivity index (χ3n) is 8.11. The third kappa shape index (κ3) is 9.21. The van der Waals surface area contributed by atoms with Crippen LogP contribution >= 0.6 is 0 Å². The molecule has 14 heteroatoms. The molecule has 244 valence electrons. The van der Waals surface area contributed by atoms with Crippen molar-refractivity contribution in [3.8, 4) is 6.07 Å². The second kappa shape index (κ2) is 15.1. The van der Waals surface area contributed by atoms with E-state index < -0.39 is 57.5 Å². The number of non-ortho nitro benzene ring substituents is 1. The molecule has 0 saturated carbocycles. The van der Waals surface area contributed by atoms with Gasteiger partial charge in [-0.05, 0) is 42.7 Å². The molecule has 2 heterocycles. The van der Waals surface area contributed by atoms with E-state index in [1.54, 1.807) is 0 Å². The van der Waals surface area contributed by atoms with Crippen molar-refractivity contribution in [2.24, 2.45) is 11.3 Å². The maximum absolute atomic E-state index is 14.0. The van der Waals surface area contributed by atoms with Crippen LogP contribution in [-0.2, 0) is 30.7 Å². The lowest BCUT2D eigenvalue weighted by Crippen LogP contribution is -2.52. The average Bonchev–Trinajstić information content (AvgIpc) is 3.62. The first-order valence-corrected chi connectivity index (χ1v) is 16.4. The van der Waals surface area contributed by atoms with Gasteiger partial charge in [0.1, 0.15) is 6.10 Å². The number of carbonyl (C=O) groups is 1. The monoisotopic (exact) mass is 644 g/mol. The van der Waals surface area contributed by atoms with Gasteiger partial charge in [0.2, 0.25) is 10.0 Å². The van der Waals surface area contributed by atoms with Crippen LogP contribution in [0.3, 0.4) is 0 Å². The first kappa shape index (κ1) is 34.3. The number of carbonyl (C=O) groups excluding carboxylic acids is 1. The van der Waals surface area contributed by atoms with Gasteiger partial charge in [0, 0.05) is 31.6 Å². The predicted molar refractivity (Wildman–Crippen MR) is 162 cm³/mol. The average molecular weight is 645 g/mol. The van der Waals surface area contributed by atoms with Crippen molar-refractivity contribution in [2.75, 3.05) is 26.3 Å². The van der Waals surface area contributed by atoms with Crippen molar-refractivity contribution >= 4 is 21.8 Å². The zero-order valence-electron chi connectivity index (χ0n) is 25.4. The van der Waals surface area contributed by atoms with Crippen molar-refractivity contribution in [3.05, 3.63) is 70.3 Å². The van der Waals surface area contributed by atoms with Gasteiger partial charge in [-0.15, -0.1) is 0 Å². The van der Waals surface area contributed by atoms with Crippen molar-refractivity contribution < 1.29 is 37.5 Å². The van der Waals surface area contributed by atoms with Gasteiger partial charge in [-0.25, -0.2) is 13.2 Å². The summed E-state index contributed by atoms with van der Waals surface area (Å²) < 4.78 is 45.8. The lowest BCUT2D eigenvalue weighted by molar-refractivity contribution is -0.385. The van der Waals surface area contributed by atoms with Gasteiger partial charge in [-0.2, -0.15) is 9.57 Å². The molecule has 4 rings (SSSR count). The molecule has 2 N–H and O–H groups in total. The van der Waals surface area contributed by atoms with E-state index in [0.29, 0.717) is 32.3 Å². The Morgan fingerprint density at radius 1 is 1.24 bits per heavy atom. The summed E-state index contributed by atoms with van der Waals surface area (Å²) in [6.07, 6.45) is -0.899. The summed E-state index contributed by atoms with van der Waals surface area (Å²) in [5, 5.41) is 34.8. The zero-order valence-corrected chi connectivity index (χ0v) is 26.2. The van der Waals surface area contributed by atoms with Gasteiger partial charge < -0.3 is 24.6 Å². The van der Waals surface area contributed by atoms with Crippen LogP contribution in [0.15, 0.2) is 59.5 Å². The van der Waals surface area contributed by atoms with E-state index in [1.165, 1.54) is 18.2 Å². The van der Waals surface area contributed by atoms with E-state index >= 15 is 0 Å². The standard InChI is InChI=1S/C31H40N4O9S/c1-31(2,14-6-7-15-32)21-34(45(40,41)24-12-8-11-23(18-24)35(38)39)19-27(36)26(17-22-9-4-3-5-10-22)33-30(37)44-28-20-43-29-25(28)13-16-42-29/h3-5,8-12,18,25-29,36H,6-7,13-14,16-17,19-21H2,1-2H3,(H,33,37)/t25-,26-,27+,28-,29+/m0/s1. The van der Waals surface area contributed by atoms with Gasteiger partial charge in [0.25, 0.3) is 5.69 Å². The fraction of sp³-hybridized carbons (Fsp3) is 0.548. The first-order chi connectivity index (χ1) is 21.4. The van der Waals surface area contributed by atoms with E-state index in [-0.39, 0.29) is 36.1 Å². The number of rotatable bonds is 15. The second-order valence-corrected chi connectivity index (χ2v) is 14.1.